The summed E-state index contributed by atoms with van der Waals surface area (Å²) in [4.78, 5) is 3.47. The second-order valence-electron chi connectivity index (χ2n) is 20.5. The van der Waals surface area contributed by atoms with Crippen molar-refractivity contribution < 1.29 is 52.1 Å². The monoisotopic (exact) mass is 1120 g/mol. The van der Waals surface area contributed by atoms with Gasteiger partial charge in [-0.25, -0.2) is 0 Å². The van der Waals surface area contributed by atoms with E-state index in [1.807, 2.05) is 237 Å². The second kappa shape index (κ2) is 31.2. The lowest BCUT2D eigenvalue weighted by Gasteiger charge is -2.52. The Labute approximate surface area is 486 Å². The predicted molar refractivity (Wildman–Crippen MR) is 314 cm³/mol. The zero-order valence-electron chi connectivity index (χ0n) is 46.6. The number of benzene rings is 8. The highest BCUT2D eigenvalue weighted by atomic mass is 16.7. The van der Waals surface area contributed by atoms with Crippen LogP contribution in [0.15, 0.2) is 242 Å². The summed E-state index contributed by atoms with van der Waals surface area (Å²) < 4.78 is 77.1. The molecule has 0 unspecified atom stereocenters. The van der Waals surface area contributed by atoms with Crippen molar-refractivity contribution in [3.63, 3.8) is 0 Å². The van der Waals surface area contributed by atoms with E-state index in [2.05, 4.69) is 10.0 Å². The summed E-state index contributed by atoms with van der Waals surface area (Å²) in [5.74, 6) is 0.704. The predicted octanol–water partition coefficient (Wildman–Crippen LogP) is 13.1. The first-order chi connectivity index (χ1) is 41.1. The SMILES string of the molecule is COc1ccc(CO[C@H]2[C@@H](OCc3ccccc3)[C@@H](OCc3ccccc3)[C@H](OCc3ccccc3)[C@@H](OCc3ccccc3)[C@@H]2O[C@H]2O[C@H](COCc3ccccc3)[C@@H](OCc3ccccc3)[C@H](OCc3ccccc3)[C@H]2N=[N+]=[N-])cc1. The summed E-state index contributed by atoms with van der Waals surface area (Å²) in [6, 6.07) is 76.1. The molecule has 428 valence electrons. The average Bonchev–Trinajstić information content (AvgIpc) is 3.73. The lowest BCUT2D eigenvalue weighted by atomic mass is 9.83. The summed E-state index contributed by atoms with van der Waals surface area (Å²) >= 11 is 0. The van der Waals surface area contributed by atoms with Crippen LogP contribution < -0.4 is 4.74 Å². The van der Waals surface area contributed by atoms with Gasteiger partial charge in [0.2, 0.25) is 0 Å². The highest BCUT2D eigenvalue weighted by molar-refractivity contribution is 5.27. The maximum Gasteiger partial charge on any atom is 0.169 e. The van der Waals surface area contributed by atoms with Crippen LogP contribution in [0.3, 0.4) is 0 Å². The molecule has 1 saturated carbocycles. The molecular weight excluding hydrogens is 1050 g/mol. The summed E-state index contributed by atoms with van der Waals surface area (Å²) in [6.07, 6.45) is -9.55. The summed E-state index contributed by atoms with van der Waals surface area (Å²) in [7, 11) is 1.64. The fourth-order valence-corrected chi connectivity index (χ4v) is 10.5. The van der Waals surface area contributed by atoms with Gasteiger partial charge in [0, 0.05) is 4.91 Å². The molecule has 2 fully saturated rings. The number of nitrogens with zero attached hydrogens (tertiary/aromatic N) is 3. The standard InChI is InChI=1S/C69H71N3O11/c1-73-58-39-37-57(38-40-58)48-81-67-65(79-46-55-33-19-7-20-34-55)63(77-44-53-29-15-5-16-30-53)64(78-45-54-31-17-6-18-32-54)66(80-47-56-35-21-8-22-36-56)68(67)83-69-60(71-72-70)62(76-43-52-27-13-4-14-28-52)61(75-42-51-25-11-3-12-26-51)59(82-69)49-74-41-50-23-9-2-10-24-50/h2-40,59-69H,41-49H2,1H3/t59-,60-,61-,62-,63+,64+,65+,66-,67+,68+,69-/m1/s1. The van der Waals surface area contributed by atoms with Crippen molar-refractivity contribution >= 4 is 0 Å². The van der Waals surface area contributed by atoms with Crippen LogP contribution in [0.2, 0.25) is 0 Å². The first-order valence-electron chi connectivity index (χ1n) is 28.2. The zero-order valence-corrected chi connectivity index (χ0v) is 46.6. The van der Waals surface area contributed by atoms with Gasteiger partial charge in [-0.3, -0.25) is 0 Å². The van der Waals surface area contributed by atoms with Gasteiger partial charge >= 0.3 is 0 Å². The topological polar surface area (TPSA) is 150 Å². The molecule has 1 aliphatic heterocycles. The molecule has 0 bridgehead atoms. The van der Waals surface area contributed by atoms with Crippen LogP contribution in [0.5, 0.6) is 5.75 Å². The molecule has 1 aliphatic carbocycles. The first kappa shape index (κ1) is 58.7. The van der Waals surface area contributed by atoms with Gasteiger partial charge in [0.1, 0.15) is 66.7 Å². The number of methoxy groups -OCH3 is 1. The molecule has 1 heterocycles. The fraction of sp³-hybridized carbons (Fsp3) is 0.304. The molecular formula is C69H71N3O11. The fourth-order valence-electron chi connectivity index (χ4n) is 10.5. The minimum Gasteiger partial charge on any atom is -0.497 e. The summed E-state index contributed by atoms with van der Waals surface area (Å²) in [5, 5.41) is 4.52. The summed E-state index contributed by atoms with van der Waals surface area (Å²) in [6.45, 7) is 1.56. The van der Waals surface area contributed by atoms with Gasteiger partial charge in [-0.15, -0.1) is 0 Å². The first-order valence-corrected chi connectivity index (χ1v) is 28.2. The van der Waals surface area contributed by atoms with E-state index < -0.39 is 67.3 Å². The van der Waals surface area contributed by atoms with E-state index in [0.717, 1.165) is 44.5 Å². The van der Waals surface area contributed by atoms with Crippen LogP contribution in [-0.2, 0) is 100 Å². The Morgan fingerprint density at radius 1 is 0.349 bits per heavy atom. The molecule has 1 saturated heterocycles. The van der Waals surface area contributed by atoms with Crippen LogP contribution in [0, 0.1) is 0 Å². The molecule has 8 aromatic carbocycles. The molecule has 2 aliphatic rings. The van der Waals surface area contributed by atoms with Crippen LogP contribution in [0.4, 0.5) is 0 Å². The smallest absolute Gasteiger partial charge is 0.169 e. The second-order valence-corrected chi connectivity index (χ2v) is 20.5. The van der Waals surface area contributed by atoms with Crippen molar-refractivity contribution in [2.24, 2.45) is 5.11 Å². The van der Waals surface area contributed by atoms with Gasteiger partial charge in [0.15, 0.2) is 6.29 Å². The Bertz CT molecular complexity index is 3130. The largest absolute Gasteiger partial charge is 0.497 e. The number of azide groups is 1. The van der Waals surface area contributed by atoms with Crippen molar-refractivity contribution in [1.29, 1.82) is 0 Å². The highest BCUT2D eigenvalue weighted by Crippen LogP contribution is 2.40. The number of ether oxygens (including phenoxy) is 11. The van der Waals surface area contributed by atoms with Gasteiger partial charge in [-0.2, -0.15) is 0 Å². The average molecular weight is 1120 g/mol. The molecule has 10 rings (SSSR count). The Kier molecular flexibility index (Phi) is 22.1. The van der Waals surface area contributed by atoms with Gasteiger partial charge in [-0.05, 0) is 62.2 Å². The van der Waals surface area contributed by atoms with Crippen molar-refractivity contribution in [3.8, 4) is 5.75 Å². The van der Waals surface area contributed by atoms with Crippen molar-refractivity contribution in [1.82, 2.24) is 0 Å². The maximum absolute atomic E-state index is 10.7. The van der Waals surface area contributed by atoms with Gasteiger partial charge in [0.05, 0.1) is 66.6 Å². The minimum atomic E-state index is -1.32. The quantitative estimate of drug-likeness (QED) is 0.0250. The number of hydrogen-bond acceptors (Lipinski definition) is 12. The van der Waals surface area contributed by atoms with Gasteiger partial charge in [0.25, 0.3) is 0 Å². The third-order valence-electron chi connectivity index (χ3n) is 14.7. The molecule has 0 radical (unpaired) electrons. The van der Waals surface area contributed by atoms with Crippen molar-refractivity contribution in [3.05, 3.63) is 292 Å². The Morgan fingerprint density at radius 3 is 0.964 bits per heavy atom. The maximum atomic E-state index is 10.7. The van der Waals surface area contributed by atoms with E-state index in [1.54, 1.807) is 7.11 Å². The van der Waals surface area contributed by atoms with Crippen molar-refractivity contribution in [2.45, 2.75) is 120 Å². The Morgan fingerprint density at radius 2 is 0.639 bits per heavy atom. The molecule has 8 aromatic rings. The van der Waals surface area contributed by atoms with E-state index in [-0.39, 0.29) is 59.5 Å². The van der Waals surface area contributed by atoms with E-state index in [0.29, 0.717) is 5.75 Å². The van der Waals surface area contributed by atoms with Crippen LogP contribution in [-0.4, -0.2) is 81.0 Å². The lowest BCUT2D eigenvalue weighted by Crippen LogP contribution is -2.69. The molecule has 14 nitrogen and oxygen atoms in total. The molecule has 83 heavy (non-hydrogen) atoms. The minimum absolute atomic E-state index is 0.0550. The molecule has 14 heteroatoms. The zero-order chi connectivity index (χ0) is 56.7. The number of rotatable bonds is 29. The van der Waals surface area contributed by atoms with E-state index in [9.17, 15) is 5.53 Å². The van der Waals surface area contributed by atoms with E-state index in [4.69, 9.17) is 52.1 Å². The number of hydrogen-bond donors (Lipinski definition) is 0. The van der Waals surface area contributed by atoms with Crippen LogP contribution in [0.25, 0.3) is 10.4 Å². The van der Waals surface area contributed by atoms with Crippen LogP contribution in [0.1, 0.15) is 44.5 Å². The third kappa shape index (κ3) is 16.8. The normalized spacial score (nSPS) is 23.2. The molecule has 11 atom stereocenters. The van der Waals surface area contributed by atoms with Crippen LogP contribution >= 0.6 is 0 Å². The van der Waals surface area contributed by atoms with Gasteiger partial charge in [-0.1, -0.05) is 230 Å². The third-order valence-corrected chi connectivity index (χ3v) is 14.7. The molecule has 0 aromatic heterocycles. The van der Waals surface area contributed by atoms with E-state index >= 15 is 0 Å². The molecule has 0 N–H and O–H groups in total. The van der Waals surface area contributed by atoms with E-state index in [1.165, 1.54) is 0 Å². The lowest BCUT2D eigenvalue weighted by molar-refractivity contribution is -0.343. The highest BCUT2D eigenvalue weighted by Gasteiger charge is 2.58. The van der Waals surface area contributed by atoms with Gasteiger partial charge < -0.3 is 52.1 Å². The molecule has 0 amide bonds. The molecule has 0 spiro atoms. The van der Waals surface area contributed by atoms with Crippen molar-refractivity contribution in [2.75, 3.05) is 13.7 Å². The summed E-state index contributed by atoms with van der Waals surface area (Å²) in [5.41, 5.74) is 18.1. The Hall–Kier alpha value is -7.53. The Balaban J connectivity index is 1.10.